The number of aliphatic hydroxyl groups is 4. The first kappa shape index (κ1) is 33.1. The van der Waals surface area contributed by atoms with Gasteiger partial charge in [0.1, 0.15) is 0 Å². The standard InChI is InChI=1S/C30H44F6O4/c1-17-20(15-21(37)16-25(17)39)9-8-19-7-6-13-27(5)22(10-11-23(19)27)18(2)24(38)12-14-26(3,4)28(40,29(31,32)33)30(34,35)36/h8-9,18,21-25,37-40H,1,6-7,10-16H2,2-5H3/b19-8+,20-9-/t18-,21+,22+,23-,24+,25-,27+/m0/s1. The van der Waals surface area contributed by atoms with Gasteiger partial charge in [-0.3, -0.25) is 0 Å². The number of alkyl halides is 6. The van der Waals surface area contributed by atoms with E-state index < -0.39 is 48.1 Å². The molecule has 40 heavy (non-hydrogen) atoms. The number of hydrogen-bond donors (Lipinski definition) is 4. The van der Waals surface area contributed by atoms with Gasteiger partial charge in [-0.1, -0.05) is 52.0 Å². The smallest absolute Gasteiger partial charge is 0.393 e. The van der Waals surface area contributed by atoms with Crippen LogP contribution in [0.4, 0.5) is 26.3 Å². The lowest BCUT2D eigenvalue weighted by atomic mass is 9.60. The quantitative estimate of drug-likeness (QED) is 0.249. The number of allylic oxidation sites excluding steroid dienone is 3. The maximum absolute atomic E-state index is 13.5. The molecule has 0 aliphatic heterocycles. The highest BCUT2D eigenvalue weighted by Gasteiger charge is 2.76. The summed E-state index contributed by atoms with van der Waals surface area (Å²) in [6, 6.07) is 0. The minimum Gasteiger partial charge on any atom is -0.393 e. The molecule has 10 heteroatoms. The van der Waals surface area contributed by atoms with E-state index in [1.54, 1.807) is 0 Å². The van der Waals surface area contributed by atoms with Gasteiger partial charge in [-0.15, -0.1) is 0 Å². The van der Waals surface area contributed by atoms with Gasteiger partial charge in [0.15, 0.2) is 0 Å². The zero-order chi connectivity index (χ0) is 30.5. The van der Waals surface area contributed by atoms with E-state index in [0.717, 1.165) is 51.5 Å². The van der Waals surface area contributed by atoms with Gasteiger partial charge < -0.3 is 20.4 Å². The van der Waals surface area contributed by atoms with Gasteiger partial charge in [0.2, 0.25) is 0 Å². The van der Waals surface area contributed by atoms with Crippen molar-refractivity contribution in [3.05, 3.63) is 35.5 Å². The molecule has 7 atom stereocenters. The van der Waals surface area contributed by atoms with Gasteiger partial charge in [-0.25, -0.2) is 0 Å². The lowest BCUT2D eigenvalue weighted by Crippen LogP contribution is -2.65. The van der Waals surface area contributed by atoms with Crippen molar-refractivity contribution in [1.82, 2.24) is 0 Å². The molecule has 3 aliphatic carbocycles. The van der Waals surface area contributed by atoms with Crippen molar-refractivity contribution in [2.45, 2.75) is 122 Å². The summed E-state index contributed by atoms with van der Waals surface area (Å²) in [4.78, 5) is 0. The van der Waals surface area contributed by atoms with Crippen molar-refractivity contribution < 1.29 is 46.8 Å². The molecule has 0 heterocycles. The van der Waals surface area contributed by atoms with Crippen molar-refractivity contribution in [2.24, 2.45) is 28.6 Å². The second-order valence-corrected chi connectivity index (χ2v) is 13.2. The van der Waals surface area contributed by atoms with Gasteiger partial charge in [0.25, 0.3) is 5.60 Å². The summed E-state index contributed by atoms with van der Waals surface area (Å²) >= 11 is 0. The predicted octanol–water partition coefficient (Wildman–Crippen LogP) is 6.79. The number of halogens is 6. The third-order valence-electron chi connectivity index (χ3n) is 10.4. The third-order valence-corrected chi connectivity index (χ3v) is 10.4. The molecule has 3 fully saturated rings. The normalized spacial score (nSPS) is 34.3. The molecule has 0 aromatic carbocycles. The third kappa shape index (κ3) is 5.92. The predicted molar refractivity (Wildman–Crippen MR) is 140 cm³/mol. The molecule has 0 saturated heterocycles. The highest BCUT2D eigenvalue weighted by atomic mass is 19.4. The van der Waals surface area contributed by atoms with E-state index in [0.29, 0.717) is 12.0 Å². The van der Waals surface area contributed by atoms with E-state index in [-0.39, 0.29) is 36.0 Å². The maximum atomic E-state index is 13.5. The van der Waals surface area contributed by atoms with Crippen LogP contribution in [-0.2, 0) is 0 Å². The first-order valence-electron chi connectivity index (χ1n) is 14.2. The zero-order valence-corrected chi connectivity index (χ0v) is 23.7. The molecule has 3 aliphatic rings. The largest absolute Gasteiger partial charge is 0.426 e. The summed E-state index contributed by atoms with van der Waals surface area (Å²) in [6.07, 6.45) is -6.39. The van der Waals surface area contributed by atoms with Crippen molar-refractivity contribution >= 4 is 0 Å². The molecule has 4 N–H and O–H groups in total. The van der Waals surface area contributed by atoms with Crippen molar-refractivity contribution in [2.75, 3.05) is 0 Å². The number of rotatable bonds is 7. The molecule has 3 rings (SSSR count). The molecule has 3 saturated carbocycles. The summed E-state index contributed by atoms with van der Waals surface area (Å²) in [6.45, 7) is 9.40. The van der Waals surface area contributed by atoms with E-state index >= 15 is 0 Å². The minimum atomic E-state index is -5.92. The molecule has 230 valence electrons. The van der Waals surface area contributed by atoms with Crippen LogP contribution in [0.2, 0.25) is 0 Å². The molecule has 0 unspecified atom stereocenters. The Kier molecular flexibility index (Phi) is 9.43. The molecule has 0 aromatic heterocycles. The fourth-order valence-corrected chi connectivity index (χ4v) is 7.76. The summed E-state index contributed by atoms with van der Waals surface area (Å²) in [7, 11) is 0. The Bertz CT molecular complexity index is 983. The number of fused-ring (bicyclic) bond motifs is 1. The van der Waals surface area contributed by atoms with Crippen LogP contribution in [-0.4, -0.2) is 56.7 Å². The molecule has 0 bridgehead atoms. The highest BCUT2D eigenvalue weighted by Crippen LogP contribution is 2.60. The second-order valence-electron chi connectivity index (χ2n) is 13.2. The van der Waals surface area contributed by atoms with Gasteiger partial charge >= 0.3 is 12.4 Å². The van der Waals surface area contributed by atoms with Crippen LogP contribution in [0.15, 0.2) is 35.5 Å². The van der Waals surface area contributed by atoms with Crippen LogP contribution in [0.25, 0.3) is 0 Å². The monoisotopic (exact) mass is 582 g/mol. The van der Waals surface area contributed by atoms with E-state index in [9.17, 15) is 46.8 Å². The first-order valence-corrected chi connectivity index (χ1v) is 14.2. The molecule has 0 amide bonds. The second kappa shape index (κ2) is 11.4. The van der Waals surface area contributed by atoms with Crippen molar-refractivity contribution in [1.29, 1.82) is 0 Å². The fraction of sp³-hybridized carbons (Fsp3) is 0.800. The van der Waals surface area contributed by atoms with Crippen molar-refractivity contribution in [3.8, 4) is 0 Å². The van der Waals surface area contributed by atoms with Crippen LogP contribution < -0.4 is 0 Å². The molecular weight excluding hydrogens is 538 g/mol. The Hall–Kier alpha value is -1.36. The summed E-state index contributed by atoms with van der Waals surface area (Å²) < 4.78 is 80.8. The van der Waals surface area contributed by atoms with Crippen LogP contribution >= 0.6 is 0 Å². The van der Waals surface area contributed by atoms with Crippen LogP contribution in [0.1, 0.15) is 85.5 Å². The minimum absolute atomic E-state index is 0.0179. The number of aliphatic hydroxyl groups excluding tert-OH is 3. The van der Waals surface area contributed by atoms with Gasteiger partial charge in [0, 0.05) is 11.8 Å². The Labute approximate surface area is 232 Å². The average Bonchev–Trinajstić information content (AvgIpc) is 3.18. The van der Waals surface area contributed by atoms with E-state index in [1.165, 1.54) is 5.57 Å². The Morgan fingerprint density at radius 2 is 1.65 bits per heavy atom. The summed E-state index contributed by atoms with van der Waals surface area (Å²) in [5, 5.41) is 41.1. The molecule has 4 nitrogen and oxygen atoms in total. The van der Waals surface area contributed by atoms with Crippen LogP contribution in [0.3, 0.4) is 0 Å². The average molecular weight is 583 g/mol. The van der Waals surface area contributed by atoms with Crippen molar-refractivity contribution in [3.63, 3.8) is 0 Å². The highest BCUT2D eigenvalue weighted by molar-refractivity contribution is 5.38. The van der Waals surface area contributed by atoms with Gasteiger partial charge in [-0.05, 0) is 85.7 Å². The van der Waals surface area contributed by atoms with Gasteiger partial charge in [-0.2, -0.15) is 26.3 Å². The molecule has 0 radical (unpaired) electrons. The Morgan fingerprint density at radius 3 is 2.23 bits per heavy atom. The van der Waals surface area contributed by atoms with E-state index in [1.807, 2.05) is 13.0 Å². The summed E-state index contributed by atoms with van der Waals surface area (Å²) in [5.74, 6) is -0.136. The first-order chi connectivity index (χ1) is 18.2. The van der Waals surface area contributed by atoms with E-state index in [4.69, 9.17) is 0 Å². The molecule has 0 spiro atoms. The fourth-order valence-electron chi connectivity index (χ4n) is 7.76. The zero-order valence-electron chi connectivity index (χ0n) is 23.7. The van der Waals surface area contributed by atoms with Crippen LogP contribution in [0, 0.1) is 28.6 Å². The number of hydrogen-bond acceptors (Lipinski definition) is 4. The molecule has 0 aromatic rings. The Morgan fingerprint density at radius 1 is 1.05 bits per heavy atom. The SMILES string of the molecule is C=C1/C(=C\C=C2/CCC[C@]3(C)[C@@H]([C@H](C)[C@H](O)CCC(C)(C)C(O)(C(F)(F)F)C(F)(F)F)CC[C@@H]23)C[C@@H](O)C[C@@H]1O. The van der Waals surface area contributed by atoms with E-state index in [2.05, 4.69) is 19.6 Å². The maximum Gasteiger partial charge on any atom is 0.426 e. The topological polar surface area (TPSA) is 80.9 Å². The van der Waals surface area contributed by atoms with Gasteiger partial charge in [0.05, 0.1) is 18.3 Å². The van der Waals surface area contributed by atoms with Crippen LogP contribution in [0.5, 0.6) is 0 Å². The Balaban J connectivity index is 1.75. The lowest BCUT2D eigenvalue weighted by molar-refractivity contribution is -0.400. The summed E-state index contributed by atoms with van der Waals surface area (Å²) in [5.41, 5.74) is -5.05. The molecular formula is C30H44F6O4. The lowest BCUT2D eigenvalue weighted by Gasteiger charge is -2.46.